The van der Waals surface area contributed by atoms with E-state index in [1.165, 1.54) is 43.6 Å². The number of nitrogens with one attached hydrogen (secondary N) is 1. The first-order valence-corrected chi connectivity index (χ1v) is 15.5. The molecule has 14 heteroatoms. The van der Waals surface area contributed by atoms with Crippen LogP contribution in [0, 0.1) is 0 Å². The lowest BCUT2D eigenvalue weighted by Crippen LogP contribution is -2.52. The predicted octanol–water partition coefficient (Wildman–Crippen LogP) is 2.31. The third-order valence-electron chi connectivity index (χ3n) is 8.89. The summed E-state index contributed by atoms with van der Waals surface area (Å²) in [6, 6.07) is 7.08. The summed E-state index contributed by atoms with van der Waals surface area (Å²) in [5.41, 5.74) is 5.74. The van der Waals surface area contributed by atoms with E-state index in [9.17, 15) is 34.8 Å². The number of nitrogens with zero attached hydrogens (tertiary/aromatic N) is 1. The molecule has 1 aromatic heterocycles. The molecule has 6 rings (SSSR count). The van der Waals surface area contributed by atoms with E-state index < -0.39 is 76.3 Å². The molecule has 1 saturated heterocycles. The van der Waals surface area contributed by atoms with Crippen molar-refractivity contribution in [3.05, 3.63) is 74.0 Å². The number of amides is 1. The number of phenols is 2. The van der Waals surface area contributed by atoms with E-state index in [1.807, 2.05) is 0 Å². The fourth-order valence-corrected chi connectivity index (χ4v) is 6.98. The summed E-state index contributed by atoms with van der Waals surface area (Å²) in [4.78, 5) is 40.6. The molecule has 2 heterocycles. The molecule has 0 saturated carbocycles. The lowest BCUT2D eigenvalue weighted by molar-refractivity contribution is -0.245. The third kappa shape index (κ3) is 5.16. The highest BCUT2D eigenvalue weighted by Crippen LogP contribution is 2.52. The third-order valence-corrected chi connectivity index (χ3v) is 9.75. The second-order valence-corrected chi connectivity index (χ2v) is 12.6. The number of hydrogen-bond acceptors (Lipinski definition) is 13. The number of carbonyl (C=O) groups excluding carboxylic acids is 3. The molecule has 2 aromatic carbocycles. The van der Waals surface area contributed by atoms with Gasteiger partial charge in [0.2, 0.25) is 5.78 Å². The van der Waals surface area contributed by atoms with Crippen molar-refractivity contribution >= 4 is 34.5 Å². The van der Waals surface area contributed by atoms with E-state index in [0.29, 0.717) is 4.88 Å². The maximum Gasteiger partial charge on any atom is 0.281 e. The molecule has 7 N–H and O–H groups in total. The normalized spacial score (nSPS) is 27.4. The molecule has 6 atom stereocenters. The van der Waals surface area contributed by atoms with Gasteiger partial charge < -0.3 is 40.4 Å². The van der Waals surface area contributed by atoms with Gasteiger partial charge in [-0.2, -0.15) is 5.10 Å². The number of methoxy groups -OCH3 is 1. The Morgan fingerprint density at radius 2 is 1.87 bits per heavy atom. The van der Waals surface area contributed by atoms with Gasteiger partial charge in [0.25, 0.3) is 5.91 Å². The summed E-state index contributed by atoms with van der Waals surface area (Å²) in [5, 5.41) is 51.6. The van der Waals surface area contributed by atoms with Crippen LogP contribution in [0.1, 0.15) is 85.4 Å². The Morgan fingerprint density at radius 1 is 1.13 bits per heavy atom. The fourth-order valence-electron chi connectivity index (χ4n) is 6.37. The SMILES string of the molecule is COc1cccc2c1C(=O)c1c(O)c3c(c(O)c1C2=O)CC(O)(C(C)=NNC(=O)c1cccs1)CC3OC1CC(N)C(O)C(C)O1. The van der Waals surface area contributed by atoms with Crippen molar-refractivity contribution < 1.29 is 49.0 Å². The average Bonchev–Trinajstić information content (AvgIpc) is 3.57. The van der Waals surface area contributed by atoms with Crippen molar-refractivity contribution in [1.82, 2.24) is 5.43 Å². The first-order chi connectivity index (χ1) is 21.9. The average molecular weight is 652 g/mol. The lowest BCUT2D eigenvalue weighted by atomic mass is 9.72. The number of ether oxygens (including phenoxy) is 3. The van der Waals surface area contributed by atoms with Crippen molar-refractivity contribution in [2.45, 2.75) is 69.4 Å². The Hall–Kier alpha value is -4.18. The number of nitrogens with two attached hydrogens (primary N) is 1. The number of aliphatic hydroxyl groups excluding tert-OH is 1. The fraction of sp³-hybridized carbons (Fsp3) is 0.375. The molecule has 3 aliphatic rings. The van der Waals surface area contributed by atoms with Gasteiger partial charge in [0.1, 0.15) is 22.8 Å². The second-order valence-electron chi connectivity index (χ2n) is 11.7. The molecule has 13 nitrogen and oxygen atoms in total. The standard InChI is InChI=1S/C32H33N3O10S/c1-13-26(36)17(33)10-21(44-13)45-19-12-32(42,14(2)34-35-31(41)20-8-5-9-46-20)11-16-23(19)30(40)25-24(28(16)38)27(37)15-6-4-7-18(43-3)22(15)29(25)39/h4-9,13,17,19,21,26,36,38,40,42H,10-12,33H2,1-3H3,(H,35,41). The minimum absolute atomic E-state index is 0.0171. The van der Waals surface area contributed by atoms with Crippen molar-refractivity contribution in [3.63, 3.8) is 0 Å². The molecule has 0 bridgehead atoms. The Morgan fingerprint density at radius 3 is 2.54 bits per heavy atom. The van der Waals surface area contributed by atoms with Crippen LogP contribution < -0.4 is 15.9 Å². The molecule has 1 fully saturated rings. The van der Waals surface area contributed by atoms with Gasteiger partial charge in [-0.1, -0.05) is 18.2 Å². The zero-order valence-electron chi connectivity index (χ0n) is 25.1. The summed E-state index contributed by atoms with van der Waals surface area (Å²) < 4.78 is 17.4. The number of rotatable bonds is 6. The van der Waals surface area contributed by atoms with Gasteiger partial charge in [0.15, 0.2) is 12.1 Å². The largest absolute Gasteiger partial charge is 0.507 e. The Labute approximate surface area is 267 Å². The predicted molar refractivity (Wildman–Crippen MR) is 165 cm³/mol. The molecule has 46 heavy (non-hydrogen) atoms. The van der Waals surface area contributed by atoms with Crippen LogP contribution in [0.4, 0.5) is 0 Å². The van der Waals surface area contributed by atoms with E-state index in [1.54, 1.807) is 24.4 Å². The number of aromatic hydroxyl groups is 2. The van der Waals surface area contributed by atoms with Crippen molar-refractivity contribution in [3.8, 4) is 17.2 Å². The number of carbonyl (C=O) groups is 3. The number of ketones is 2. The molecule has 2 aliphatic carbocycles. The zero-order chi connectivity index (χ0) is 33.1. The van der Waals surface area contributed by atoms with Gasteiger partial charge in [0, 0.05) is 42.0 Å². The topological polar surface area (TPSA) is 210 Å². The van der Waals surface area contributed by atoms with E-state index in [0.717, 1.165) is 0 Å². The maximum absolute atomic E-state index is 13.9. The Balaban J connectivity index is 1.46. The molecule has 242 valence electrons. The van der Waals surface area contributed by atoms with E-state index in [4.69, 9.17) is 19.9 Å². The molecule has 1 amide bonds. The highest BCUT2D eigenvalue weighted by Gasteiger charge is 2.49. The number of hydrazone groups is 1. The van der Waals surface area contributed by atoms with E-state index >= 15 is 0 Å². The van der Waals surface area contributed by atoms with Crippen molar-refractivity contribution in [2.75, 3.05) is 7.11 Å². The van der Waals surface area contributed by atoms with E-state index in [-0.39, 0.29) is 53.0 Å². The van der Waals surface area contributed by atoms with Crippen LogP contribution in [-0.4, -0.2) is 80.9 Å². The Bertz CT molecular complexity index is 1760. The van der Waals surface area contributed by atoms with Crippen LogP contribution in [0.15, 0.2) is 40.8 Å². The van der Waals surface area contributed by atoms with Crippen molar-refractivity contribution in [2.24, 2.45) is 10.8 Å². The molecule has 6 unspecified atom stereocenters. The van der Waals surface area contributed by atoms with Gasteiger partial charge in [-0.25, -0.2) is 5.43 Å². The minimum atomic E-state index is -1.87. The number of thiophene rings is 1. The maximum atomic E-state index is 13.9. The zero-order valence-corrected chi connectivity index (χ0v) is 26.0. The quantitative estimate of drug-likeness (QED) is 0.101. The van der Waals surface area contributed by atoms with Crippen LogP contribution in [0.5, 0.6) is 17.2 Å². The monoisotopic (exact) mass is 651 g/mol. The number of fused-ring (bicyclic) bond motifs is 3. The van der Waals surface area contributed by atoms with Gasteiger partial charge in [-0.05, 0) is 31.4 Å². The molecule has 1 aliphatic heterocycles. The number of aliphatic hydroxyl groups is 2. The highest BCUT2D eigenvalue weighted by molar-refractivity contribution is 7.12. The lowest BCUT2D eigenvalue weighted by Gasteiger charge is -2.42. The molecule has 0 radical (unpaired) electrons. The number of benzene rings is 2. The molecular formula is C32H33N3O10S. The Kier molecular flexibility index (Phi) is 8.21. The summed E-state index contributed by atoms with van der Waals surface area (Å²) in [6.07, 6.45) is -4.47. The second kappa shape index (κ2) is 11.9. The summed E-state index contributed by atoms with van der Waals surface area (Å²) >= 11 is 1.21. The summed E-state index contributed by atoms with van der Waals surface area (Å²) in [7, 11) is 1.34. The smallest absolute Gasteiger partial charge is 0.281 e. The first kappa shape index (κ1) is 31.8. The van der Waals surface area contributed by atoms with E-state index in [2.05, 4.69) is 10.5 Å². The molecular weight excluding hydrogens is 618 g/mol. The van der Waals surface area contributed by atoms with Crippen molar-refractivity contribution in [1.29, 1.82) is 0 Å². The first-order valence-electron chi connectivity index (χ1n) is 14.6. The summed E-state index contributed by atoms with van der Waals surface area (Å²) in [5.74, 6) is -3.04. The minimum Gasteiger partial charge on any atom is -0.507 e. The van der Waals surface area contributed by atoms with Gasteiger partial charge in [0.05, 0.1) is 52.7 Å². The number of hydrogen-bond donors (Lipinski definition) is 6. The summed E-state index contributed by atoms with van der Waals surface area (Å²) in [6.45, 7) is 3.10. The van der Waals surface area contributed by atoms with Crippen LogP contribution in [-0.2, 0) is 15.9 Å². The van der Waals surface area contributed by atoms with Gasteiger partial charge >= 0.3 is 0 Å². The van der Waals surface area contributed by atoms with Gasteiger partial charge in [-0.15, -0.1) is 11.3 Å². The van der Waals surface area contributed by atoms with Gasteiger partial charge in [-0.3, -0.25) is 14.4 Å². The van der Waals surface area contributed by atoms with Crippen LogP contribution in [0.3, 0.4) is 0 Å². The molecule has 3 aromatic rings. The van der Waals surface area contributed by atoms with Crippen LogP contribution in [0.2, 0.25) is 0 Å². The van der Waals surface area contributed by atoms with Crippen LogP contribution in [0.25, 0.3) is 0 Å². The molecule has 0 spiro atoms. The highest BCUT2D eigenvalue weighted by atomic mass is 32.1. The van der Waals surface area contributed by atoms with Crippen LogP contribution >= 0.6 is 11.3 Å². The number of phenolic OH excluding ortho intramolecular Hbond substituents is 2.